The van der Waals surface area contributed by atoms with E-state index in [1.807, 2.05) is 0 Å². The molecule has 0 amide bonds. The number of ether oxygens (including phenoxy) is 1. The molecule has 0 radical (unpaired) electrons. The molecule has 0 fully saturated rings. The molecule has 2 aliphatic rings. The van der Waals surface area contributed by atoms with E-state index in [0.29, 0.717) is 38.2 Å². The van der Waals surface area contributed by atoms with Gasteiger partial charge in [-0.1, -0.05) is 11.6 Å². The summed E-state index contributed by atoms with van der Waals surface area (Å²) in [6.07, 6.45) is 7.91. The van der Waals surface area contributed by atoms with Crippen molar-refractivity contribution in [1.29, 1.82) is 0 Å². The molecule has 0 saturated carbocycles. The standard InChI is InChI=1S/C16H18FNO3/c17-13-10-14(18-11-13)2-1-12-5-7-21-8-6-15(19)3-4-16(20)9-12/h2,9-11H,1,3-8H2/b12-9-,14-2-. The van der Waals surface area contributed by atoms with Crippen molar-refractivity contribution in [1.82, 2.24) is 0 Å². The number of allylic oxidation sites excluding steroid dienone is 4. The number of ketones is 2. The highest BCUT2D eigenvalue weighted by Crippen LogP contribution is 2.17. The molecule has 2 heterocycles. The Bertz CT molecular complexity index is 544. The van der Waals surface area contributed by atoms with Crippen molar-refractivity contribution in [2.24, 2.45) is 4.99 Å². The topological polar surface area (TPSA) is 55.7 Å². The van der Waals surface area contributed by atoms with Gasteiger partial charge in [-0.3, -0.25) is 14.6 Å². The number of nitrogens with zero attached hydrogens (tertiary/aromatic N) is 1. The third-order valence-electron chi connectivity index (χ3n) is 3.30. The summed E-state index contributed by atoms with van der Waals surface area (Å²) < 4.78 is 18.2. The molecule has 0 aromatic heterocycles. The summed E-state index contributed by atoms with van der Waals surface area (Å²) in [4.78, 5) is 27.2. The minimum Gasteiger partial charge on any atom is -0.381 e. The predicted molar refractivity (Wildman–Crippen MR) is 77.8 cm³/mol. The van der Waals surface area contributed by atoms with Crippen LogP contribution in [0.3, 0.4) is 0 Å². The van der Waals surface area contributed by atoms with Gasteiger partial charge in [0, 0.05) is 25.3 Å². The Labute approximate surface area is 123 Å². The number of hydrogen-bond donors (Lipinski definition) is 0. The van der Waals surface area contributed by atoms with Crippen LogP contribution in [0.5, 0.6) is 0 Å². The second kappa shape index (κ2) is 7.78. The van der Waals surface area contributed by atoms with E-state index in [4.69, 9.17) is 4.74 Å². The van der Waals surface area contributed by atoms with Crippen LogP contribution in [0.2, 0.25) is 0 Å². The van der Waals surface area contributed by atoms with Crippen molar-refractivity contribution in [2.75, 3.05) is 13.2 Å². The average molecular weight is 291 g/mol. The minimum absolute atomic E-state index is 0.0460. The lowest BCUT2D eigenvalue weighted by Crippen LogP contribution is -2.05. The molecule has 0 atom stereocenters. The fourth-order valence-corrected chi connectivity index (χ4v) is 2.11. The summed E-state index contributed by atoms with van der Waals surface area (Å²) >= 11 is 0. The maximum absolute atomic E-state index is 12.9. The van der Waals surface area contributed by atoms with Gasteiger partial charge in [0.2, 0.25) is 0 Å². The lowest BCUT2D eigenvalue weighted by Gasteiger charge is -2.05. The third kappa shape index (κ3) is 5.55. The monoisotopic (exact) mass is 291 g/mol. The molecule has 0 aliphatic carbocycles. The number of halogens is 1. The molecule has 0 spiro atoms. The third-order valence-corrected chi connectivity index (χ3v) is 3.30. The number of carbonyl (C=O) groups excluding carboxylic acids is 2. The largest absolute Gasteiger partial charge is 0.381 e. The Morgan fingerprint density at radius 1 is 1.14 bits per heavy atom. The van der Waals surface area contributed by atoms with Crippen LogP contribution >= 0.6 is 0 Å². The summed E-state index contributed by atoms with van der Waals surface area (Å²) in [6.45, 7) is 0.878. The van der Waals surface area contributed by atoms with Gasteiger partial charge in [-0.2, -0.15) is 0 Å². The van der Waals surface area contributed by atoms with Crippen LogP contribution in [-0.2, 0) is 14.3 Å². The van der Waals surface area contributed by atoms with Crippen molar-refractivity contribution >= 4 is 17.8 Å². The van der Waals surface area contributed by atoms with Gasteiger partial charge in [-0.25, -0.2) is 4.39 Å². The summed E-state index contributed by atoms with van der Waals surface area (Å²) in [5.41, 5.74) is 1.48. The molecule has 0 N–H and O–H groups in total. The van der Waals surface area contributed by atoms with Crippen molar-refractivity contribution in [2.45, 2.75) is 32.1 Å². The van der Waals surface area contributed by atoms with E-state index < -0.39 is 0 Å². The first-order valence-corrected chi connectivity index (χ1v) is 7.06. The molecule has 21 heavy (non-hydrogen) atoms. The molecule has 0 saturated heterocycles. The smallest absolute Gasteiger partial charge is 0.156 e. The molecular weight excluding hydrogens is 273 g/mol. The zero-order chi connectivity index (χ0) is 15.1. The molecule has 0 aromatic rings. The molecule has 0 aromatic carbocycles. The molecule has 0 unspecified atom stereocenters. The lowest BCUT2D eigenvalue weighted by atomic mass is 10.0. The second-order valence-corrected chi connectivity index (χ2v) is 5.04. The summed E-state index contributed by atoms with van der Waals surface area (Å²) in [5.74, 6) is -0.353. The zero-order valence-corrected chi connectivity index (χ0v) is 11.8. The average Bonchev–Trinajstić information content (AvgIpc) is 2.85. The molecule has 5 heteroatoms. The highest BCUT2D eigenvalue weighted by molar-refractivity contribution is 5.93. The molecule has 112 valence electrons. The number of rotatable bonds is 2. The maximum atomic E-state index is 12.9. The Hall–Kier alpha value is -1.88. The molecular formula is C16H18FNO3. The number of aliphatic imine (C=N–C) groups is 1. The van der Waals surface area contributed by atoms with Crippen molar-refractivity contribution in [3.8, 4) is 0 Å². The maximum Gasteiger partial charge on any atom is 0.156 e. The normalized spacial score (nSPS) is 25.5. The van der Waals surface area contributed by atoms with Crippen LogP contribution in [-0.4, -0.2) is 31.0 Å². The highest BCUT2D eigenvalue weighted by atomic mass is 19.1. The van der Waals surface area contributed by atoms with E-state index in [1.54, 1.807) is 12.2 Å². The predicted octanol–water partition coefficient (Wildman–Crippen LogP) is 2.85. The van der Waals surface area contributed by atoms with Gasteiger partial charge in [0.15, 0.2) is 5.78 Å². The van der Waals surface area contributed by atoms with E-state index in [0.717, 1.165) is 11.8 Å². The second-order valence-electron chi connectivity index (χ2n) is 5.04. The first-order chi connectivity index (χ1) is 10.1. The van der Waals surface area contributed by atoms with Crippen molar-refractivity contribution in [3.63, 3.8) is 0 Å². The molecule has 2 aliphatic heterocycles. The van der Waals surface area contributed by atoms with Gasteiger partial charge in [-0.05, 0) is 18.9 Å². The SMILES string of the molecule is O=C1/C=C(/C/C=C2/C=C(F)C=N2)CCOCCC(=O)CC1. The van der Waals surface area contributed by atoms with Gasteiger partial charge >= 0.3 is 0 Å². The Morgan fingerprint density at radius 2 is 1.95 bits per heavy atom. The van der Waals surface area contributed by atoms with Gasteiger partial charge in [0.25, 0.3) is 0 Å². The molecule has 4 nitrogen and oxygen atoms in total. The molecule has 0 bridgehead atoms. The van der Waals surface area contributed by atoms with E-state index in [9.17, 15) is 14.0 Å². The fourth-order valence-electron chi connectivity index (χ4n) is 2.11. The van der Waals surface area contributed by atoms with Crippen LogP contribution in [0, 0.1) is 0 Å². The Balaban J connectivity index is 2.00. The van der Waals surface area contributed by atoms with E-state index in [-0.39, 0.29) is 30.2 Å². The fraction of sp³-hybridized carbons (Fsp3) is 0.438. The van der Waals surface area contributed by atoms with Gasteiger partial charge < -0.3 is 4.74 Å². The quantitative estimate of drug-likeness (QED) is 0.786. The zero-order valence-electron chi connectivity index (χ0n) is 11.8. The van der Waals surface area contributed by atoms with Crippen molar-refractivity contribution < 1.29 is 18.7 Å². The molecule has 2 rings (SSSR count). The first-order valence-electron chi connectivity index (χ1n) is 7.06. The Morgan fingerprint density at radius 3 is 2.71 bits per heavy atom. The van der Waals surface area contributed by atoms with E-state index in [2.05, 4.69) is 4.99 Å². The highest BCUT2D eigenvalue weighted by Gasteiger charge is 2.10. The van der Waals surface area contributed by atoms with Crippen LogP contribution < -0.4 is 0 Å². The number of carbonyl (C=O) groups is 2. The number of hydrogen-bond acceptors (Lipinski definition) is 4. The summed E-state index contributed by atoms with van der Waals surface area (Å²) in [7, 11) is 0. The Kier molecular flexibility index (Phi) is 5.75. The lowest BCUT2D eigenvalue weighted by molar-refractivity contribution is -0.123. The van der Waals surface area contributed by atoms with Gasteiger partial charge in [0.1, 0.15) is 11.6 Å². The van der Waals surface area contributed by atoms with Crippen molar-refractivity contribution in [3.05, 3.63) is 35.3 Å². The van der Waals surface area contributed by atoms with E-state index in [1.165, 1.54) is 6.08 Å². The van der Waals surface area contributed by atoms with Crippen LogP contribution in [0.1, 0.15) is 32.1 Å². The minimum atomic E-state index is -0.365. The van der Waals surface area contributed by atoms with Gasteiger partial charge in [0.05, 0.1) is 25.1 Å². The van der Waals surface area contributed by atoms with Crippen LogP contribution in [0.25, 0.3) is 0 Å². The van der Waals surface area contributed by atoms with Crippen LogP contribution in [0.15, 0.2) is 40.3 Å². The van der Waals surface area contributed by atoms with Crippen LogP contribution in [0.4, 0.5) is 4.39 Å². The van der Waals surface area contributed by atoms with Gasteiger partial charge in [-0.15, -0.1) is 0 Å². The van der Waals surface area contributed by atoms with E-state index >= 15 is 0 Å². The summed E-state index contributed by atoms with van der Waals surface area (Å²) in [6, 6.07) is 0. The summed E-state index contributed by atoms with van der Waals surface area (Å²) in [5, 5.41) is 0. The first kappa shape index (κ1) is 15.5. The number of Topliss-reactive ketones (excluding diaryl/α,β-unsaturated/α-hetero) is 1.